The second-order valence-electron chi connectivity index (χ2n) is 8.46. The van der Waals surface area contributed by atoms with Crippen LogP contribution in [0.4, 0.5) is 5.69 Å². The number of rotatable bonds is 5. The summed E-state index contributed by atoms with van der Waals surface area (Å²) in [4.78, 5) is 62.6. The van der Waals surface area contributed by atoms with Crippen molar-refractivity contribution in [2.75, 3.05) is 6.61 Å². The van der Waals surface area contributed by atoms with Crippen LogP contribution in [-0.4, -0.2) is 34.8 Å². The third-order valence-corrected chi connectivity index (χ3v) is 6.58. The normalized spacial score (nSPS) is 12.1. The summed E-state index contributed by atoms with van der Waals surface area (Å²) < 4.78 is 5.13. The van der Waals surface area contributed by atoms with E-state index in [1.165, 1.54) is 18.2 Å². The van der Waals surface area contributed by atoms with Gasteiger partial charge in [-0.25, -0.2) is 4.79 Å². The fourth-order valence-electron chi connectivity index (χ4n) is 4.31. The summed E-state index contributed by atoms with van der Waals surface area (Å²) in [5, 5.41) is 11.9. The van der Waals surface area contributed by atoms with Crippen molar-refractivity contribution in [1.29, 1.82) is 0 Å². The number of hydrogen-bond acceptors (Lipinski definition) is 7. The third-order valence-electron chi connectivity index (χ3n) is 6.58. The minimum absolute atomic E-state index is 0.0226. The Labute approximate surface area is 200 Å². The van der Waals surface area contributed by atoms with E-state index in [-0.39, 0.29) is 16.7 Å². The minimum Gasteiger partial charge on any atom is -0.454 e. The number of aryl methyl sites for hydroxylation is 1. The molecule has 0 saturated carbocycles. The molecular formula is C27H21NO7. The quantitative estimate of drug-likeness (QED) is 0.180. The topological polar surface area (TPSA) is 121 Å². The summed E-state index contributed by atoms with van der Waals surface area (Å²) in [6, 6.07) is 10.00. The van der Waals surface area contributed by atoms with Crippen molar-refractivity contribution in [3.63, 3.8) is 0 Å². The van der Waals surface area contributed by atoms with Gasteiger partial charge >= 0.3 is 5.97 Å². The first-order valence-corrected chi connectivity index (χ1v) is 10.8. The molecule has 0 N–H and O–H groups in total. The zero-order valence-corrected chi connectivity index (χ0v) is 19.6. The number of Topliss-reactive ketones (excluding diaryl/α,β-unsaturated/α-hetero) is 1. The first kappa shape index (κ1) is 23.7. The summed E-state index contributed by atoms with van der Waals surface area (Å²) in [6.45, 7) is 6.88. The molecule has 1 aliphatic carbocycles. The molecule has 0 amide bonds. The molecule has 0 fully saturated rings. The maximum Gasteiger partial charge on any atom is 0.345 e. The minimum atomic E-state index is -1.13. The summed E-state index contributed by atoms with van der Waals surface area (Å²) in [5.41, 5.74) is 2.31. The highest BCUT2D eigenvalue weighted by Crippen LogP contribution is 2.35. The number of fused-ring (bicyclic) bond motifs is 2. The van der Waals surface area contributed by atoms with E-state index in [0.29, 0.717) is 5.56 Å². The van der Waals surface area contributed by atoms with E-state index in [4.69, 9.17) is 4.74 Å². The molecule has 4 rings (SSSR count). The Hall–Kier alpha value is -4.46. The summed E-state index contributed by atoms with van der Waals surface area (Å²) in [7, 11) is 0. The molecule has 0 unspecified atom stereocenters. The van der Waals surface area contributed by atoms with E-state index < -0.39 is 51.7 Å². The van der Waals surface area contributed by atoms with Crippen LogP contribution in [0, 0.1) is 37.8 Å². The number of carbonyl (C=O) groups excluding carboxylic acids is 4. The number of esters is 1. The van der Waals surface area contributed by atoms with Crippen LogP contribution in [0.15, 0.2) is 42.5 Å². The number of nitro groups is 1. The SMILES string of the molecule is Cc1cc(C(=O)COC(=O)c2ccc3c(c2[N+](=O)[O-])C(=O)c2ccccc2C3=O)c(C)c(C)c1C. The van der Waals surface area contributed by atoms with Crippen LogP contribution in [0.5, 0.6) is 0 Å². The van der Waals surface area contributed by atoms with E-state index >= 15 is 0 Å². The fourth-order valence-corrected chi connectivity index (χ4v) is 4.31. The second kappa shape index (κ2) is 8.72. The first-order chi connectivity index (χ1) is 16.5. The third kappa shape index (κ3) is 3.82. The number of nitrogens with zero attached hydrogens (tertiary/aromatic N) is 1. The molecule has 176 valence electrons. The van der Waals surface area contributed by atoms with Crippen LogP contribution in [0.25, 0.3) is 0 Å². The maximum absolute atomic E-state index is 13.1. The van der Waals surface area contributed by atoms with Crippen molar-refractivity contribution >= 4 is 29.0 Å². The van der Waals surface area contributed by atoms with Gasteiger partial charge in [0, 0.05) is 22.3 Å². The van der Waals surface area contributed by atoms with Gasteiger partial charge < -0.3 is 4.74 Å². The molecule has 8 nitrogen and oxygen atoms in total. The predicted octanol–water partition coefficient (Wildman–Crippen LogP) is 4.64. The summed E-state index contributed by atoms with van der Waals surface area (Å²) in [5.74, 6) is -2.86. The van der Waals surface area contributed by atoms with Gasteiger partial charge in [-0.05, 0) is 68.1 Å². The Morgan fingerprint density at radius 1 is 0.829 bits per heavy atom. The van der Waals surface area contributed by atoms with Gasteiger partial charge in [-0.15, -0.1) is 0 Å². The number of hydrogen-bond donors (Lipinski definition) is 0. The Kier molecular flexibility index (Phi) is 5.90. The highest BCUT2D eigenvalue weighted by molar-refractivity contribution is 6.30. The van der Waals surface area contributed by atoms with Gasteiger partial charge in [0.1, 0.15) is 11.1 Å². The average Bonchev–Trinajstić information content (AvgIpc) is 2.85. The zero-order valence-electron chi connectivity index (χ0n) is 19.6. The van der Waals surface area contributed by atoms with E-state index in [1.807, 2.05) is 20.8 Å². The predicted molar refractivity (Wildman–Crippen MR) is 126 cm³/mol. The Balaban J connectivity index is 1.68. The van der Waals surface area contributed by atoms with Crippen molar-refractivity contribution in [3.8, 4) is 0 Å². The van der Waals surface area contributed by atoms with Crippen LogP contribution < -0.4 is 0 Å². The number of carbonyl (C=O) groups is 4. The zero-order chi connectivity index (χ0) is 25.6. The van der Waals surface area contributed by atoms with Gasteiger partial charge in [-0.1, -0.05) is 24.3 Å². The summed E-state index contributed by atoms with van der Waals surface area (Å²) >= 11 is 0. The van der Waals surface area contributed by atoms with E-state index in [0.717, 1.165) is 28.3 Å². The van der Waals surface area contributed by atoms with Crippen molar-refractivity contribution in [3.05, 3.63) is 108 Å². The Morgan fingerprint density at radius 2 is 1.46 bits per heavy atom. The molecule has 8 heteroatoms. The smallest absolute Gasteiger partial charge is 0.345 e. The van der Waals surface area contributed by atoms with Gasteiger partial charge in [0.2, 0.25) is 11.6 Å². The Bertz CT molecular complexity index is 1480. The Morgan fingerprint density at radius 3 is 2.09 bits per heavy atom. The fraction of sp³-hybridized carbons (Fsp3) is 0.185. The lowest BCUT2D eigenvalue weighted by atomic mass is 9.82. The van der Waals surface area contributed by atoms with Crippen LogP contribution in [0.1, 0.15) is 74.8 Å². The van der Waals surface area contributed by atoms with Gasteiger partial charge in [0.15, 0.2) is 12.4 Å². The molecule has 1 aliphatic rings. The number of ketones is 3. The molecule has 0 heterocycles. The van der Waals surface area contributed by atoms with Crippen molar-refractivity contribution < 1.29 is 28.8 Å². The second-order valence-corrected chi connectivity index (χ2v) is 8.46. The number of nitro benzene ring substituents is 1. The molecule has 0 saturated heterocycles. The molecular weight excluding hydrogens is 450 g/mol. The monoisotopic (exact) mass is 471 g/mol. The highest BCUT2D eigenvalue weighted by Gasteiger charge is 2.39. The molecule has 0 spiro atoms. The lowest BCUT2D eigenvalue weighted by Crippen LogP contribution is -2.24. The highest BCUT2D eigenvalue weighted by atomic mass is 16.6. The summed E-state index contributed by atoms with van der Waals surface area (Å²) in [6.07, 6.45) is 0. The van der Waals surface area contributed by atoms with Crippen molar-refractivity contribution in [1.82, 2.24) is 0 Å². The lowest BCUT2D eigenvalue weighted by molar-refractivity contribution is -0.385. The van der Waals surface area contributed by atoms with Gasteiger partial charge in [0.25, 0.3) is 5.69 Å². The molecule has 0 radical (unpaired) electrons. The van der Waals surface area contributed by atoms with Gasteiger partial charge in [0.05, 0.1) is 4.92 Å². The van der Waals surface area contributed by atoms with Gasteiger partial charge in [-0.2, -0.15) is 0 Å². The van der Waals surface area contributed by atoms with Crippen molar-refractivity contribution in [2.24, 2.45) is 0 Å². The molecule has 0 aliphatic heterocycles. The van der Waals surface area contributed by atoms with Crippen LogP contribution >= 0.6 is 0 Å². The van der Waals surface area contributed by atoms with E-state index in [1.54, 1.807) is 25.1 Å². The molecule has 0 aromatic heterocycles. The van der Waals surface area contributed by atoms with Crippen LogP contribution in [0.3, 0.4) is 0 Å². The standard InChI is InChI=1S/C27H21NO7/c1-13-11-21(16(4)15(3)14(13)2)22(29)12-35-27(32)20-10-9-19-23(24(20)28(33)34)26(31)18-8-6-5-7-17(18)25(19)30/h5-11H,12H2,1-4H3. The maximum atomic E-state index is 13.1. The molecule has 3 aromatic carbocycles. The lowest BCUT2D eigenvalue weighted by Gasteiger charge is -2.18. The number of ether oxygens (including phenoxy) is 1. The molecule has 0 bridgehead atoms. The van der Waals surface area contributed by atoms with Crippen LogP contribution in [0.2, 0.25) is 0 Å². The van der Waals surface area contributed by atoms with Gasteiger partial charge in [-0.3, -0.25) is 24.5 Å². The van der Waals surface area contributed by atoms with E-state index in [2.05, 4.69) is 0 Å². The first-order valence-electron chi connectivity index (χ1n) is 10.8. The van der Waals surface area contributed by atoms with E-state index in [9.17, 15) is 29.3 Å². The molecule has 35 heavy (non-hydrogen) atoms. The number of benzene rings is 3. The van der Waals surface area contributed by atoms with Crippen LogP contribution in [-0.2, 0) is 4.74 Å². The average molecular weight is 471 g/mol. The molecule has 0 atom stereocenters. The largest absolute Gasteiger partial charge is 0.454 e. The van der Waals surface area contributed by atoms with Crippen molar-refractivity contribution in [2.45, 2.75) is 27.7 Å². The molecule has 3 aromatic rings.